The number of aliphatic imine (C=N–C) groups is 2. The zero-order valence-corrected chi connectivity index (χ0v) is 15.2. The lowest BCUT2D eigenvalue weighted by Gasteiger charge is -2.05. The maximum Gasteiger partial charge on any atom is 0.307 e. The average Bonchev–Trinajstić information content (AvgIpc) is 2.65. The molecule has 26 heavy (non-hydrogen) atoms. The topological polar surface area (TPSA) is 74.0 Å². The molecule has 0 unspecified atom stereocenters. The molecule has 0 aromatic heterocycles. The number of hydrogen-bond donors (Lipinski definition) is 2. The Labute approximate surface area is 153 Å². The zero-order valence-electron chi connectivity index (χ0n) is 15.2. The Hall–Kier alpha value is -3.02. The normalized spacial score (nSPS) is 11.0. The van der Waals surface area contributed by atoms with Gasteiger partial charge in [0, 0.05) is 12.6 Å². The molecule has 5 nitrogen and oxygen atoms in total. The van der Waals surface area contributed by atoms with E-state index < -0.39 is 5.97 Å². The lowest BCUT2D eigenvalue weighted by Crippen LogP contribution is -2.22. The molecule has 0 bridgehead atoms. The molecule has 6 heteroatoms. The van der Waals surface area contributed by atoms with Crippen LogP contribution in [0.3, 0.4) is 0 Å². The van der Waals surface area contributed by atoms with Crippen LogP contribution in [-0.2, 0) is 17.8 Å². The van der Waals surface area contributed by atoms with E-state index in [-0.39, 0.29) is 12.2 Å². The van der Waals surface area contributed by atoms with Crippen molar-refractivity contribution in [3.05, 3.63) is 71.0 Å². The second-order valence-corrected chi connectivity index (χ2v) is 5.08. The van der Waals surface area contributed by atoms with Gasteiger partial charge in [0.25, 0.3) is 0 Å². The fraction of sp³-hybridized carbons (Fsp3) is 0.250. The second kappa shape index (κ2) is 11.5. The fourth-order valence-electron chi connectivity index (χ4n) is 2.08. The van der Waals surface area contributed by atoms with Crippen LogP contribution in [-0.4, -0.2) is 30.3 Å². The highest BCUT2D eigenvalue weighted by atomic mass is 19.1. The molecular weight excluding hydrogens is 333 g/mol. The van der Waals surface area contributed by atoms with Crippen molar-refractivity contribution >= 4 is 18.1 Å². The smallest absolute Gasteiger partial charge is 0.307 e. The van der Waals surface area contributed by atoms with E-state index in [0.717, 1.165) is 16.7 Å². The highest BCUT2D eigenvalue weighted by Gasteiger charge is 2.01. The summed E-state index contributed by atoms with van der Waals surface area (Å²) in [7, 11) is 1.64. The first kappa shape index (κ1) is 21.0. The van der Waals surface area contributed by atoms with E-state index >= 15 is 0 Å². The third-order valence-corrected chi connectivity index (χ3v) is 3.29. The molecule has 0 aliphatic rings. The molecule has 2 N–H and O–H groups in total. The van der Waals surface area contributed by atoms with Crippen LogP contribution in [0.2, 0.25) is 0 Å². The molecule has 2 aromatic rings. The SMILES string of the molecule is CC.CN=C(NC=NCc1ccc(CC(=O)O)cc1)c1ccc(F)cc1. The zero-order chi connectivity index (χ0) is 19.4. The predicted octanol–water partition coefficient (Wildman–Crippen LogP) is 3.67. The van der Waals surface area contributed by atoms with E-state index in [1.54, 1.807) is 31.3 Å². The number of carbonyl (C=O) groups is 1. The predicted molar refractivity (Wildman–Crippen MR) is 103 cm³/mol. The van der Waals surface area contributed by atoms with Gasteiger partial charge in [-0.1, -0.05) is 38.1 Å². The summed E-state index contributed by atoms with van der Waals surface area (Å²) < 4.78 is 12.9. The molecule has 0 radical (unpaired) electrons. The van der Waals surface area contributed by atoms with Crippen LogP contribution in [0, 0.1) is 5.82 Å². The van der Waals surface area contributed by atoms with Crippen LogP contribution >= 0.6 is 0 Å². The number of carboxylic acid groups (broad SMARTS) is 1. The molecular formula is C20H24FN3O2. The third kappa shape index (κ3) is 7.25. The average molecular weight is 357 g/mol. The van der Waals surface area contributed by atoms with Crippen molar-refractivity contribution < 1.29 is 14.3 Å². The summed E-state index contributed by atoms with van der Waals surface area (Å²) >= 11 is 0. The van der Waals surface area contributed by atoms with Gasteiger partial charge in [0.15, 0.2) is 0 Å². The highest BCUT2D eigenvalue weighted by molar-refractivity contribution is 6.04. The van der Waals surface area contributed by atoms with Crippen LogP contribution in [0.25, 0.3) is 0 Å². The van der Waals surface area contributed by atoms with Gasteiger partial charge >= 0.3 is 5.97 Å². The summed E-state index contributed by atoms with van der Waals surface area (Å²) in [4.78, 5) is 19.0. The van der Waals surface area contributed by atoms with Crippen LogP contribution in [0.4, 0.5) is 4.39 Å². The van der Waals surface area contributed by atoms with Crippen molar-refractivity contribution in [3.63, 3.8) is 0 Å². The van der Waals surface area contributed by atoms with Gasteiger partial charge in [-0.05, 0) is 35.4 Å². The van der Waals surface area contributed by atoms with Crippen LogP contribution in [0.15, 0.2) is 58.5 Å². The minimum absolute atomic E-state index is 0.0130. The van der Waals surface area contributed by atoms with Gasteiger partial charge < -0.3 is 10.4 Å². The largest absolute Gasteiger partial charge is 0.481 e. The maximum absolute atomic E-state index is 12.9. The lowest BCUT2D eigenvalue weighted by atomic mass is 10.1. The van der Waals surface area contributed by atoms with Gasteiger partial charge in [-0.3, -0.25) is 14.8 Å². The molecule has 2 rings (SSSR count). The number of nitrogens with one attached hydrogen (secondary N) is 1. The van der Waals surface area contributed by atoms with E-state index in [4.69, 9.17) is 5.11 Å². The van der Waals surface area contributed by atoms with Gasteiger partial charge in [-0.2, -0.15) is 0 Å². The van der Waals surface area contributed by atoms with Crippen LogP contribution in [0.5, 0.6) is 0 Å². The molecule has 0 spiro atoms. The maximum atomic E-state index is 12.9. The number of rotatable bonds is 6. The minimum atomic E-state index is -0.850. The van der Waals surface area contributed by atoms with Crippen molar-refractivity contribution in [2.45, 2.75) is 26.8 Å². The van der Waals surface area contributed by atoms with Gasteiger partial charge in [-0.25, -0.2) is 4.39 Å². The number of aliphatic carboxylic acids is 1. The van der Waals surface area contributed by atoms with Crippen molar-refractivity contribution in [1.29, 1.82) is 0 Å². The number of halogens is 1. The molecule has 0 saturated heterocycles. The van der Waals surface area contributed by atoms with Gasteiger partial charge in [0.05, 0.1) is 19.3 Å². The number of hydrogen-bond acceptors (Lipinski definition) is 3. The first-order valence-electron chi connectivity index (χ1n) is 8.35. The van der Waals surface area contributed by atoms with Gasteiger partial charge in [0.2, 0.25) is 0 Å². The highest BCUT2D eigenvalue weighted by Crippen LogP contribution is 2.06. The number of nitrogens with zero attached hydrogens (tertiary/aromatic N) is 2. The fourth-order valence-corrected chi connectivity index (χ4v) is 2.08. The van der Waals surface area contributed by atoms with Crippen LogP contribution in [0.1, 0.15) is 30.5 Å². The molecule has 0 fully saturated rings. The van der Waals surface area contributed by atoms with E-state index in [2.05, 4.69) is 15.3 Å². The first-order chi connectivity index (χ1) is 12.6. The van der Waals surface area contributed by atoms with E-state index in [1.165, 1.54) is 18.5 Å². The Morgan fingerprint density at radius 1 is 1.08 bits per heavy atom. The third-order valence-electron chi connectivity index (χ3n) is 3.29. The molecule has 0 saturated carbocycles. The monoisotopic (exact) mass is 357 g/mol. The summed E-state index contributed by atoms with van der Waals surface area (Å²) in [6, 6.07) is 13.3. The Balaban J connectivity index is 0.00000163. The quantitative estimate of drug-likeness (QED) is 0.612. The lowest BCUT2D eigenvalue weighted by molar-refractivity contribution is -0.136. The number of benzene rings is 2. The molecule has 0 atom stereocenters. The standard InChI is InChI=1S/C18H18FN3O2.C2H6/c1-20-18(15-6-8-16(19)9-7-15)22-12-21-11-14-4-2-13(3-5-14)10-17(23)24;1-2/h2-9,12H,10-11H2,1H3,(H,23,24)(H,20,21,22);1-2H3. The van der Waals surface area contributed by atoms with E-state index in [9.17, 15) is 9.18 Å². The van der Waals surface area contributed by atoms with Crippen LogP contribution < -0.4 is 5.32 Å². The van der Waals surface area contributed by atoms with Gasteiger partial charge in [-0.15, -0.1) is 0 Å². The molecule has 0 amide bonds. The molecule has 138 valence electrons. The molecule has 0 aliphatic heterocycles. The van der Waals surface area contributed by atoms with Crippen molar-refractivity contribution in [2.24, 2.45) is 9.98 Å². The Morgan fingerprint density at radius 2 is 1.65 bits per heavy atom. The summed E-state index contributed by atoms with van der Waals surface area (Å²) in [5, 5.41) is 11.7. The van der Waals surface area contributed by atoms with Crippen molar-refractivity contribution in [1.82, 2.24) is 5.32 Å². The summed E-state index contributed by atoms with van der Waals surface area (Å²) in [6.07, 6.45) is 1.55. The van der Waals surface area contributed by atoms with E-state index in [0.29, 0.717) is 12.4 Å². The Morgan fingerprint density at radius 3 is 2.19 bits per heavy atom. The van der Waals surface area contributed by atoms with Crippen molar-refractivity contribution in [2.75, 3.05) is 7.05 Å². The minimum Gasteiger partial charge on any atom is -0.481 e. The summed E-state index contributed by atoms with van der Waals surface area (Å²) in [5.41, 5.74) is 2.49. The molecule has 0 heterocycles. The molecule has 0 aliphatic carbocycles. The number of carboxylic acids is 1. The first-order valence-corrected chi connectivity index (χ1v) is 8.35. The summed E-state index contributed by atoms with van der Waals surface area (Å²) in [5.74, 6) is -0.554. The number of amidine groups is 1. The Kier molecular flexibility index (Phi) is 9.31. The second-order valence-electron chi connectivity index (χ2n) is 5.08. The molecule has 2 aromatic carbocycles. The van der Waals surface area contributed by atoms with E-state index in [1.807, 2.05) is 26.0 Å². The summed E-state index contributed by atoms with van der Waals surface area (Å²) in [6.45, 7) is 4.46. The van der Waals surface area contributed by atoms with Gasteiger partial charge in [0.1, 0.15) is 11.7 Å². The van der Waals surface area contributed by atoms with Crippen molar-refractivity contribution in [3.8, 4) is 0 Å². The Bertz CT molecular complexity index is 739.